The Labute approximate surface area is 122 Å². The number of hydrogen-bond acceptors (Lipinski definition) is 3. The molecule has 104 valence electrons. The van der Waals surface area contributed by atoms with Crippen LogP contribution in [0, 0.1) is 0 Å². The summed E-state index contributed by atoms with van der Waals surface area (Å²) in [5.74, 6) is 0. The van der Waals surface area contributed by atoms with Gasteiger partial charge >= 0.3 is 6.18 Å². The molecule has 1 aromatic carbocycles. The molecule has 0 fully saturated rings. The van der Waals surface area contributed by atoms with E-state index in [1.807, 2.05) is 0 Å². The maximum absolute atomic E-state index is 12.8. The third-order valence-corrected chi connectivity index (χ3v) is 2.71. The summed E-state index contributed by atoms with van der Waals surface area (Å²) >= 11 is 1.59. The van der Waals surface area contributed by atoms with Crippen LogP contribution in [-0.2, 0) is 11.0 Å². The number of nitrogens with zero attached hydrogens (tertiary/aromatic N) is 1. The van der Waals surface area contributed by atoms with Crippen LogP contribution in [0.15, 0.2) is 30.9 Å². The maximum atomic E-state index is 12.8. The molecular formula is C12H12F3IN2O. The molecule has 0 bridgehead atoms. The summed E-state index contributed by atoms with van der Waals surface area (Å²) in [6.07, 6.45) is -3.00. The van der Waals surface area contributed by atoms with Gasteiger partial charge in [-0.2, -0.15) is 13.2 Å². The highest BCUT2D eigenvalue weighted by Gasteiger charge is 2.33. The lowest BCUT2D eigenvalue weighted by Crippen LogP contribution is -2.28. The van der Waals surface area contributed by atoms with E-state index in [0.717, 1.165) is 6.07 Å². The minimum Gasteiger partial charge on any atom is -0.398 e. The fraction of sp³-hybridized carbons (Fsp3) is 0.250. The van der Waals surface area contributed by atoms with Crippen molar-refractivity contribution in [3.63, 3.8) is 0 Å². The predicted octanol–water partition coefficient (Wildman–Crippen LogP) is 3.24. The Morgan fingerprint density at radius 1 is 1.47 bits per heavy atom. The molecule has 0 saturated carbocycles. The SMILES string of the molecule is C=CCN(CC(=O)I)c1ccc(N)c(C(F)(F)F)c1. The third-order valence-electron chi connectivity index (χ3n) is 2.37. The van der Waals surface area contributed by atoms with Crippen molar-refractivity contribution in [3.8, 4) is 0 Å². The van der Waals surface area contributed by atoms with Gasteiger partial charge in [0, 0.05) is 40.5 Å². The molecule has 0 aliphatic rings. The summed E-state index contributed by atoms with van der Waals surface area (Å²) in [6.45, 7) is 3.80. The summed E-state index contributed by atoms with van der Waals surface area (Å²) in [5.41, 5.74) is 4.37. The van der Waals surface area contributed by atoms with E-state index < -0.39 is 11.7 Å². The molecule has 0 aliphatic carbocycles. The molecule has 0 heterocycles. The van der Waals surface area contributed by atoms with Crippen molar-refractivity contribution in [2.75, 3.05) is 23.7 Å². The molecule has 0 aromatic heterocycles. The van der Waals surface area contributed by atoms with Gasteiger partial charge in [-0.1, -0.05) is 6.08 Å². The van der Waals surface area contributed by atoms with Gasteiger partial charge in [0.1, 0.15) is 0 Å². The summed E-state index contributed by atoms with van der Waals surface area (Å²) in [7, 11) is 0. The lowest BCUT2D eigenvalue weighted by atomic mass is 10.1. The second-order valence-corrected chi connectivity index (χ2v) is 5.00. The number of rotatable bonds is 5. The number of hydrogen-bond donors (Lipinski definition) is 1. The van der Waals surface area contributed by atoms with Gasteiger partial charge in [-0.3, -0.25) is 4.79 Å². The van der Waals surface area contributed by atoms with Crippen LogP contribution in [0.2, 0.25) is 0 Å². The van der Waals surface area contributed by atoms with Crippen LogP contribution in [0.4, 0.5) is 24.5 Å². The zero-order valence-electron chi connectivity index (χ0n) is 9.88. The fourth-order valence-electron chi connectivity index (χ4n) is 1.55. The van der Waals surface area contributed by atoms with E-state index in [0.29, 0.717) is 0 Å². The van der Waals surface area contributed by atoms with Crippen LogP contribution in [0.3, 0.4) is 0 Å². The molecule has 19 heavy (non-hydrogen) atoms. The molecule has 1 rings (SSSR count). The van der Waals surface area contributed by atoms with Crippen molar-refractivity contribution < 1.29 is 18.0 Å². The van der Waals surface area contributed by atoms with Crippen molar-refractivity contribution in [2.45, 2.75) is 6.18 Å². The second kappa shape index (κ2) is 6.27. The first kappa shape index (κ1) is 15.8. The van der Waals surface area contributed by atoms with Crippen molar-refractivity contribution in [3.05, 3.63) is 36.4 Å². The first-order chi connectivity index (χ1) is 8.75. The van der Waals surface area contributed by atoms with Gasteiger partial charge in [-0.05, 0) is 18.2 Å². The number of anilines is 2. The average Bonchev–Trinajstić information content (AvgIpc) is 2.27. The van der Waals surface area contributed by atoms with Crippen molar-refractivity contribution in [1.29, 1.82) is 0 Å². The zero-order chi connectivity index (χ0) is 14.6. The van der Waals surface area contributed by atoms with E-state index in [4.69, 9.17) is 5.73 Å². The Bertz CT molecular complexity index is 488. The lowest BCUT2D eigenvalue weighted by Gasteiger charge is -2.23. The number of carbonyl (C=O) groups is 1. The molecule has 3 nitrogen and oxygen atoms in total. The summed E-state index contributed by atoms with van der Waals surface area (Å²) < 4.78 is 38.1. The van der Waals surface area contributed by atoms with Gasteiger partial charge in [0.2, 0.25) is 3.79 Å². The first-order valence-corrected chi connectivity index (χ1v) is 6.34. The van der Waals surface area contributed by atoms with Crippen LogP contribution in [0.5, 0.6) is 0 Å². The lowest BCUT2D eigenvalue weighted by molar-refractivity contribution is -0.136. The largest absolute Gasteiger partial charge is 0.418 e. The highest BCUT2D eigenvalue weighted by Crippen LogP contribution is 2.35. The van der Waals surface area contributed by atoms with Gasteiger partial charge in [0.05, 0.1) is 12.1 Å². The Morgan fingerprint density at radius 2 is 2.11 bits per heavy atom. The molecule has 0 spiro atoms. The topological polar surface area (TPSA) is 46.3 Å². The molecule has 0 atom stereocenters. The van der Waals surface area contributed by atoms with E-state index in [1.165, 1.54) is 23.1 Å². The molecule has 0 aliphatic heterocycles. The van der Waals surface area contributed by atoms with Crippen molar-refractivity contribution in [1.82, 2.24) is 0 Å². The number of nitrogen functional groups attached to an aromatic ring is 1. The number of benzene rings is 1. The second-order valence-electron chi connectivity index (χ2n) is 3.79. The molecule has 0 unspecified atom stereocenters. The van der Waals surface area contributed by atoms with E-state index >= 15 is 0 Å². The zero-order valence-corrected chi connectivity index (χ0v) is 12.0. The van der Waals surface area contributed by atoms with Crippen LogP contribution < -0.4 is 10.6 Å². The van der Waals surface area contributed by atoms with Crippen LogP contribution in [0.1, 0.15) is 5.56 Å². The summed E-state index contributed by atoms with van der Waals surface area (Å²) in [4.78, 5) is 12.6. The highest BCUT2D eigenvalue weighted by atomic mass is 127. The average molecular weight is 384 g/mol. The molecule has 1 aromatic rings. The normalized spacial score (nSPS) is 11.2. The van der Waals surface area contributed by atoms with Crippen LogP contribution in [-0.4, -0.2) is 16.9 Å². The Morgan fingerprint density at radius 3 is 2.58 bits per heavy atom. The van der Waals surface area contributed by atoms with Gasteiger partial charge in [0.25, 0.3) is 0 Å². The Balaban J connectivity index is 3.17. The van der Waals surface area contributed by atoms with Gasteiger partial charge in [0.15, 0.2) is 0 Å². The van der Waals surface area contributed by atoms with E-state index in [9.17, 15) is 18.0 Å². The third kappa shape index (κ3) is 4.41. The standard InChI is InChI=1S/C12H12F3IN2O/c1-2-5-18(7-11(16)19)8-3-4-10(17)9(6-8)12(13,14)15/h2-4,6H,1,5,7,17H2. The highest BCUT2D eigenvalue weighted by molar-refractivity contribution is 14.1. The monoisotopic (exact) mass is 384 g/mol. The van der Waals surface area contributed by atoms with Crippen LogP contribution >= 0.6 is 22.6 Å². The molecule has 0 radical (unpaired) electrons. The van der Waals surface area contributed by atoms with Crippen LogP contribution in [0.25, 0.3) is 0 Å². The fourth-order valence-corrected chi connectivity index (χ4v) is 1.97. The van der Waals surface area contributed by atoms with E-state index in [-0.39, 0.29) is 28.3 Å². The predicted molar refractivity (Wildman–Crippen MR) is 77.3 cm³/mol. The van der Waals surface area contributed by atoms with Gasteiger partial charge < -0.3 is 10.6 Å². The molecule has 2 N–H and O–H groups in total. The van der Waals surface area contributed by atoms with E-state index in [1.54, 1.807) is 22.6 Å². The Hall–Kier alpha value is -1.25. The number of alkyl halides is 3. The Kier molecular flexibility index (Phi) is 5.21. The minimum atomic E-state index is -4.52. The molecule has 0 saturated heterocycles. The van der Waals surface area contributed by atoms with E-state index in [2.05, 4.69) is 6.58 Å². The molecule has 7 heteroatoms. The number of halogens is 4. The number of carbonyl (C=O) groups excluding carboxylic acids is 1. The first-order valence-electron chi connectivity index (χ1n) is 5.26. The van der Waals surface area contributed by atoms with Gasteiger partial charge in [-0.15, -0.1) is 6.58 Å². The minimum absolute atomic E-state index is 0.00773. The quantitative estimate of drug-likeness (QED) is 0.367. The van der Waals surface area contributed by atoms with Gasteiger partial charge in [-0.25, -0.2) is 0 Å². The summed E-state index contributed by atoms with van der Waals surface area (Å²) in [5, 5.41) is 0. The molecule has 0 amide bonds. The maximum Gasteiger partial charge on any atom is 0.418 e. The smallest absolute Gasteiger partial charge is 0.398 e. The van der Waals surface area contributed by atoms with Crippen molar-refractivity contribution >= 4 is 37.8 Å². The number of nitrogens with two attached hydrogens (primary N) is 1. The summed E-state index contributed by atoms with van der Waals surface area (Å²) in [6, 6.07) is 3.58. The molecular weight excluding hydrogens is 372 g/mol. The van der Waals surface area contributed by atoms with Crippen molar-refractivity contribution in [2.24, 2.45) is 0 Å².